The van der Waals surface area contributed by atoms with E-state index in [0.717, 1.165) is 54.1 Å². The molecule has 350 valence electrons. The average molecular weight is 895 g/mol. The van der Waals surface area contributed by atoms with Crippen molar-refractivity contribution in [1.29, 1.82) is 0 Å². The fourth-order valence-corrected chi connectivity index (χ4v) is 9.50. The minimum Gasteiger partial charge on any atom is -0.370 e. The van der Waals surface area contributed by atoms with Crippen LogP contribution in [0.15, 0.2) is 65.8 Å². The molecule has 17 nitrogen and oxygen atoms in total. The second-order valence-electron chi connectivity index (χ2n) is 17.9. The van der Waals surface area contributed by atoms with E-state index in [9.17, 15) is 33.6 Å². The molecule has 1 aliphatic carbocycles. The van der Waals surface area contributed by atoms with E-state index in [1.54, 1.807) is 6.20 Å². The molecule has 2 saturated heterocycles. The maximum Gasteiger partial charge on any atom is 0.245 e. The SMILES string of the molecule is CC(=O)C[C@@H](Cc1ccccc1)C(=O)NC1CCCNC(=O)[C@H](CCCN=C(N)N)NC(=O)[C@H](Cc2c[nH]c3ccccc23)NC(=O)[C@@H](CC2CCCCC2)NC(=O)[C@@H]2CCCN2C1=O. The number of guanidine groups is 1. The Bertz CT molecular complexity index is 2170. The van der Waals surface area contributed by atoms with Gasteiger partial charge in [-0.3, -0.25) is 33.8 Å². The van der Waals surface area contributed by atoms with Crippen molar-refractivity contribution in [2.45, 2.75) is 133 Å². The number of aromatic nitrogens is 1. The number of nitrogens with one attached hydrogen (secondary N) is 6. The molecule has 1 saturated carbocycles. The van der Waals surface area contributed by atoms with Gasteiger partial charge < -0.3 is 52.7 Å². The van der Waals surface area contributed by atoms with Crippen molar-refractivity contribution in [3.8, 4) is 0 Å². The summed E-state index contributed by atoms with van der Waals surface area (Å²) in [6, 6.07) is 11.7. The van der Waals surface area contributed by atoms with Gasteiger partial charge >= 0.3 is 0 Å². The number of hydrogen-bond donors (Lipinski definition) is 8. The summed E-state index contributed by atoms with van der Waals surface area (Å²) in [4.78, 5) is 107. The first kappa shape index (κ1) is 48.2. The molecule has 0 spiro atoms. The maximum atomic E-state index is 14.6. The molecule has 6 amide bonds. The van der Waals surface area contributed by atoms with Gasteiger partial charge in [-0.2, -0.15) is 0 Å². The maximum absolute atomic E-state index is 14.6. The van der Waals surface area contributed by atoms with Gasteiger partial charge in [0, 0.05) is 55.5 Å². The molecule has 3 aliphatic rings. The molecule has 3 aromatic rings. The van der Waals surface area contributed by atoms with Crippen molar-refractivity contribution in [3.63, 3.8) is 0 Å². The summed E-state index contributed by atoms with van der Waals surface area (Å²) in [6.07, 6.45) is 9.08. The van der Waals surface area contributed by atoms with Gasteiger partial charge in [-0.05, 0) is 81.4 Å². The van der Waals surface area contributed by atoms with Gasteiger partial charge in [-0.25, -0.2) is 0 Å². The Hall–Kier alpha value is -6.26. The van der Waals surface area contributed by atoms with E-state index in [1.807, 2.05) is 54.6 Å². The summed E-state index contributed by atoms with van der Waals surface area (Å²) in [5.74, 6) is -3.91. The first-order chi connectivity index (χ1) is 31.4. The fraction of sp³-hybridized carbons (Fsp3) is 0.542. The zero-order valence-electron chi connectivity index (χ0n) is 37.4. The molecule has 2 aromatic carbocycles. The predicted molar refractivity (Wildman–Crippen MR) is 247 cm³/mol. The van der Waals surface area contributed by atoms with Crippen LogP contribution in [0.2, 0.25) is 0 Å². The lowest BCUT2D eigenvalue weighted by molar-refractivity contribution is -0.143. The Morgan fingerprint density at radius 2 is 1.51 bits per heavy atom. The van der Waals surface area contributed by atoms with Gasteiger partial charge in [0.1, 0.15) is 36.0 Å². The van der Waals surface area contributed by atoms with Crippen molar-refractivity contribution in [2.75, 3.05) is 19.6 Å². The van der Waals surface area contributed by atoms with Crippen molar-refractivity contribution in [2.24, 2.45) is 28.3 Å². The van der Waals surface area contributed by atoms with Gasteiger partial charge in [0.25, 0.3) is 0 Å². The molecule has 65 heavy (non-hydrogen) atoms. The number of ketones is 1. The standard InChI is InChI=1S/C48H66N10O7/c1-30(59)25-33(26-31-13-4-2-5-14-31)42(60)55-38-20-11-22-51-43(61)37(19-10-23-52-48(49)50)54-45(63)40(28-34-29-53-36-18-9-8-17-35(34)36)56-44(62)39(27-32-15-6-3-7-16-32)57-46(64)41-21-12-24-58(41)47(38)65/h2,4-5,8-9,13-14,17-18,29,32-33,37-41,53H,3,6-7,10-12,15-16,19-28H2,1H3,(H,51,61)(H,54,63)(H,55,60)(H,56,62)(H,57,64)(H4,49,50,52)/t33-,37-,38?,39+,40-,41-/m0/s1. The minimum atomic E-state index is -1.14. The van der Waals surface area contributed by atoms with Crippen LogP contribution in [0, 0.1) is 11.8 Å². The van der Waals surface area contributed by atoms with Crippen LogP contribution in [0.5, 0.6) is 0 Å². The third-order valence-electron chi connectivity index (χ3n) is 12.9. The van der Waals surface area contributed by atoms with Crippen molar-refractivity contribution < 1.29 is 33.6 Å². The Kier molecular flexibility index (Phi) is 17.5. The summed E-state index contributed by atoms with van der Waals surface area (Å²) in [6.45, 7) is 1.97. The Morgan fingerprint density at radius 1 is 0.800 bits per heavy atom. The number of hydrogen-bond acceptors (Lipinski definition) is 8. The number of aromatic amines is 1. The number of fused-ring (bicyclic) bond motifs is 2. The summed E-state index contributed by atoms with van der Waals surface area (Å²) in [7, 11) is 0. The van der Waals surface area contributed by atoms with Crippen LogP contribution in [-0.4, -0.2) is 107 Å². The predicted octanol–water partition coefficient (Wildman–Crippen LogP) is 2.41. The molecule has 3 fully saturated rings. The Balaban J connectivity index is 1.31. The van der Waals surface area contributed by atoms with Crippen LogP contribution in [0.4, 0.5) is 0 Å². The Labute approximate surface area is 380 Å². The Morgan fingerprint density at radius 3 is 2.26 bits per heavy atom. The number of nitrogens with two attached hydrogens (primary N) is 2. The monoisotopic (exact) mass is 895 g/mol. The van der Waals surface area contributed by atoms with Crippen molar-refractivity contribution in [1.82, 2.24) is 36.5 Å². The van der Waals surface area contributed by atoms with Crippen LogP contribution in [0.3, 0.4) is 0 Å². The highest BCUT2D eigenvalue weighted by Crippen LogP contribution is 2.29. The zero-order chi connectivity index (χ0) is 46.3. The van der Waals surface area contributed by atoms with Crippen LogP contribution >= 0.6 is 0 Å². The molecule has 6 rings (SSSR count). The van der Waals surface area contributed by atoms with E-state index < -0.39 is 71.6 Å². The number of Topliss-reactive ketones (excluding diaryl/α,β-unsaturated/α-hetero) is 1. The average Bonchev–Trinajstić information content (AvgIpc) is 3.95. The van der Waals surface area contributed by atoms with E-state index in [0.29, 0.717) is 25.7 Å². The second kappa shape index (κ2) is 23.6. The van der Waals surface area contributed by atoms with E-state index in [-0.39, 0.29) is 75.8 Å². The fourth-order valence-electron chi connectivity index (χ4n) is 9.50. The quantitative estimate of drug-likeness (QED) is 0.0671. The van der Waals surface area contributed by atoms with Crippen LogP contribution in [0.1, 0.15) is 102 Å². The van der Waals surface area contributed by atoms with Crippen LogP contribution in [-0.2, 0) is 46.4 Å². The van der Waals surface area contributed by atoms with Crippen LogP contribution < -0.4 is 38.1 Å². The van der Waals surface area contributed by atoms with Crippen molar-refractivity contribution in [3.05, 3.63) is 71.9 Å². The zero-order valence-corrected chi connectivity index (χ0v) is 37.4. The minimum absolute atomic E-state index is 0.0319. The lowest BCUT2D eigenvalue weighted by Crippen LogP contribution is -2.60. The largest absolute Gasteiger partial charge is 0.370 e. The number of amides is 6. The second-order valence-corrected chi connectivity index (χ2v) is 17.9. The molecule has 1 aromatic heterocycles. The van der Waals surface area contributed by atoms with E-state index in [1.165, 1.54) is 11.8 Å². The number of para-hydroxylation sites is 1. The lowest BCUT2D eigenvalue weighted by Gasteiger charge is -2.32. The van der Waals surface area contributed by atoms with E-state index in [2.05, 4.69) is 36.6 Å². The number of aliphatic imine (C=N–C) groups is 1. The van der Waals surface area contributed by atoms with E-state index >= 15 is 0 Å². The number of carbonyl (C=O) groups is 7. The summed E-state index contributed by atoms with van der Waals surface area (Å²) in [5, 5.41) is 15.6. The molecule has 0 bridgehead atoms. The normalized spacial score (nSPS) is 23.5. The first-order valence-electron chi connectivity index (χ1n) is 23.3. The van der Waals surface area contributed by atoms with Crippen LogP contribution in [0.25, 0.3) is 10.9 Å². The molecule has 0 radical (unpaired) electrons. The molecule has 2 aliphatic heterocycles. The summed E-state index contributed by atoms with van der Waals surface area (Å²) >= 11 is 0. The third kappa shape index (κ3) is 13.9. The van der Waals surface area contributed by atoms with Crippen molar-refractivity contribution >= 4 is 58.1 Å². The number of rotatable bonds is 14. The number of carbonyl (C=O) groups excluding carboxylic acids is 7. The highest BCUT2D eigenvalue weighted by atomic mass is 16.2. The number of nitrogens with zero attached hydrogens (tertiary/aromatic N) is 2. The molecular weight excluding hydrogens is 829 g/mol. The van der Waals surface area contributed by atoms with Gasteiger partial charge in [0.05, 0.1) is 0 Å². The lowest BCUT2D eigenvalue weighted by atomic mass is 9.84. The molecular formula is C48H66N10O7. The molecule has 1 unspecified atom stereocenters. The topological polar surface area (TPSA) is 263 Å². The summed E-state index contributed by atoms with van der Waals surface area (Å²) in [5.41, 5.74) is 13.6. The van der Waals surface area contributed by atoms with Gasteiger partial charge in [-0.1, -0.05) is 80.6 Å². The summed E-state index contributed by atoms with van der Waals surface area (Å²) < 4.78 is 0. The van der Waals surface area contributed by atoms with Gasteiger partial charge in [0.15, 0.2) is 5.96 Å². The highest BCUT2D eigenvalue weighted by Gasteiger charge is 2.40. The molecule has 6 atom stereocenters. The van der Waals surface area contributed by atoms with E-state index in [4.69, 9.17) is 11.5 Å². The molecule has 17 heteroatoms. The smallest absolute Gasteiger partial charge is 0.245 e. The molecule has 10 N–H and O–H groups in total. The molecule has 3 heterocycles. The highest BCUT2D eigenvalue weighted by molar-refractivity contribution is 5.97. The van der Waals surface area contributed by atoms with Gasteiger partial charge in [0.2, 0.25) is 35.4 Å². The number of benzene rings is 2. The first-order valence-corrected chi connectivity index (χ1v) is 23.3. The van der Waals surface area contributed by atoms with Gasteiger partial charge in [-0.15, -0.1) is 0 Å². The third-order valence-corrected chi connectivity index (χ3v) is 12.9. The number of H-pyrrole nitrogens is 1.